The van der Waals surface area contributed by atoms with Crippen LogP contribution >= 0.6 is 0 Å². The summed E-state index contributed by atoms with van der Waals surface area (Å²) in [6.45, 7) is 2.33. The van der Waals surface area contributed by atoms with Crippen molar-refractivity contribution in [3.05, 3.63) is 54.1 Å². The first-order valence-electron chi connectivity index (χ1n) is 8.34. The molecule has 0 heterocycles. The van der Waals surface area contributed by atoms with E-state index in [0.29, 0.717) is 18.0 Å². The Labute approximate surface area is 148 Å². The lowest BCUT2D eigenvalue weighted by Crippen LogP contribution is -2.37. The van der Waals surface area contributed by atoms with Crippen LogP contribution in [0.4, 0.5) is 0 Å². The number of hydrogen-bond acceptors (Lipinski definition) is 4. The third-order valence-electron chi connectivity index (χ3n) is 3.84. The molecule has 0 radical (unpaired) electrons. The van der Waals surface area contributed by atoms with E-state index in [4.69, 9.17) is 14.2 Å². The highest BCUT2D eigenvalue weighted by atomic mass is 16.5. The molecule has 25 heavy (non-hydrogen) atoms. The molecule has 0 saturated heterocycles. The molecular weight excluding hydrogens is 318 g/mol. The normalized spacial score (nSPS) is 11.5. The van der Waals surface area contributed by atoms with E-state index < -0.39 is 6.10 Å². The molecule has 0 aliphatic rings. The highest BCUT2D eigenvalue weighted by Crippen LogP contribution is 2.26. The van der Waals surface area contributed by atoms with Gasteiger partial charge in [-0.3, -0.25) is 4.79 Å². The van der Waals surface area contributed by atoms with Crippen LogP contribution in [-0.2, 0) is 11.2 Å². The molecule has 5 heteroatoms. The van der Waals surface area contributed by atoms with Gasteiger partial charge in [-0.05, 0) is 49.6 Å². The molecule has 0 aromatic heterocycles. The van der Waals surface area contributed by atoms with E-state index in [1.165, 1.54) is 5.56 Å². The molecule has 1 atom stereocenters. The zero-order chi connectivity index (χ0) is 18.1. The van der Waals surface area contributed by atoms with Gasteiger partial charge in [-0.1, -0.05) is 24.3 Å². The van der Waals surface area contributed by atoms with Gasteiger partial charge < -0.3 is 19.5 Å². The molecule has 2 aromatic carbocycles. The maximum atomic E-state index is 12.1. The van der Waals surface area contributed by atoms with Gasteiger partial charge in [0.1, 0.15) is 5.75 Å². The largest absolute Gasteiger partial charge is 0.497 e. The van der Waals surface area contributed by atoms with Crippen molar-refractivity contribution in [2.75, 3.05) is 20.8 Å². The average molecular weight is 343 g/mol. The summed E-state index contributed by atoms with van der Waals surface area (Å²) in [5.41, 5.74) is 1.22. The first kappa shape index (κ1) is 18.6. The van der Waals surface area contributed by atoms with Gasteiger partial charge in [-0.2, -0.15) is 0 Å². The predicted octanol–water partition coefficient (Wildman–Crippen LogP) is 3.22. The first-order chi connectivity index (χ1) is 12.1. The van der Waals surface area contributed by atoms with Crippen LogP contribution in [0.5, 0.6) is 17.2 Å². The number of methoxy groups -OCH3 is 2. The van der Waals surface area contributed by atoms with Crippen LogP contribution in [0.2, 0.25) is 0 Å². The number of rotatable bonds is 9. The number of para-hydroxylation sites is 2. The van der Waals surface area contributed by atoms with Crippen LogP contribution in [0.25, 0.3) is 0 Å². The third-order valence-corrected chi connectivity index (χ3v) is 3.84. The molecule has 2 aromatic rings. The molecule has 5 nitrogen and oxygen atoms in total. The molecule has 0 saturated carbocycles. The second-order valence-electron chi connectivity index (χ2n) is 5.65. The fourth-order valence-corrected chi connectivity index (χ4v) is 2.40. The zero-order valence-electron chi connectivity index (χ0n) is 15.0. The summed E-state index contributed by atoms with van der Waals surface area (Å²) in [6.07, 6.45) is 1.17. The molecule has 0 aliphatic heterocycles. The average Bonchev–Trinajstić information content (AvgIpc) is 2.65. The van der Waals surface area contributed by atoms with Gasteiger partial charge in [-0.15, -0.1) is 0 Å². The number of benzene rings is 2. The second kappa shape index (κ2) is 9.57. The summed E-state index contributed by atoms with van der Waals surface area (Å²) in [7, 11) is 3.23. The molecule has 0 unspecified atom stereocenters. The number of carbonyl (C=O) groups is 1. The Morgan fingerprint density at radius 1 is 1.00 bits per heavy atom. The third kappa shape index (κ3) is 5.71. The first-order valence-corrected chi connectivity index (χ1v) is 8.34. The minimum atomic E-state index is -0.586. The van der Waals surface area contributed by atoms with Gasteiger partial charge in [0, 0.05) is 6.54 Å². The van der Waals surface area contributed by atoms with Gasteiger partial charge in [-0.25, -0.2) is 0 Å². The monoisotopic (exact) mass is 343 g/mol. The van der Waals surface area contributed by atoms with E-state index in [1.807, 2.05) is 36.4 Å². The molecule has 0 spiro atoms. The number of ether oxygens (including phenoxy) is 3. The zero-order valence-corrected chi connectivity index (χ0v) is 15.0. The van der Waals surface area contributed by atoms with E-state index in [1.54, 1.807) is 33.3 Å². The molecule has 0 bridgehead atoms. The van der Waals surface area contributed by atoms with Crippen LogP contribution < -0.4 is 19.5 Å². The van der Waals surface area contributed by atoms with Crippen molar-refractivity contribution >= 4 is 5.91 Å². The smallest absolute Gasteiger partial charge is 0.260 e. The van der Waals surface area contributed by atoms with Crippen molar-refractivity contribution in [2.24, 2.45) is 0 Å². The summed E-state index contributed by atoms with van der Waals surface area (Å²) in [6, 6.07) is 15.2. The van der Waals surface area contributed by atoms with Crippen molar-refractivity contribution in [1.82, 2.24) is 5.32 Å². The fourth-order valence-electron chi connectivity index (χ4n) is 2.40. The highest BCUT2D eigenvalue weighted by molar-refractivity contribution is 5.80. The summed E-state index contributed by atoms with van der Waals surface area (Å²) in [5.74, 6) is 1.88. The lowest BCUT2D eigenvalue weighted by molar-refractivity contribution is -0.127. The van der Waals surface area contributed by atoms with E-state index in [-0.39, 0.29) is 5.91 Å². The van der Waals surface area contributed by atoms with Gasteiger partial charge in [0.05, 0.1) is 14.2 Å². The molecular formula is C20H25NO4. The standard InChI is InChI=1S/C20H25NO4/c1-15(25-19-9-5-4-8-18(19)24-3)20(22)21-14-6-7-16-10-12-17(23-2)13-11-16/h4-5,8-13,15H,6-7,14H2,1-3H3,(H,21,22)/t15-/m1/s1. The van der Waals surface area contributed by atoms with Crippen LogP contribution in [-0.4, -0.2) is 32.8 Å². The van der Waals surface area contributed by atoms with Gasteiger partial charge in [0.25, 0.3) is 5.91 Å². The Morgan fingerprint density at radius 2 is 1.68 bits per heavy atom. The van der Waals surface area contributed by atoms with Crippen LogP contribution in [0.1, 0.15) is 18.9 Å². The Kier molecular flexibility index (Phi) is 7.14. The summed E-state index contributed by atoms with van der Waals surface area (Å²) in [5, 5.41) is 2.90. The van der Waals surface area contributed by atoms with Crippen molar-refractivity contribution in [1.29, 1.82) is 0 Å². The number of hydrogen-bond donors (Lipinski definition) is 1. The summed E-state index contributed by atoms with van der Waals surface area (Å²) in [4.78, 5) is 12.1. The van der Waals surface area contributed by atoms with Crippen molar-refractivity contribution in [2.45, 2.75) is 25.9 Å². The topological polar surface area (TPSA) is 56.8 Å². The van der Waals surface area contributed by atoms with Crippen LogP contribution in [0.3, 0.4) is 0 Å². The molecule has 0 aliphatic carbocycles. The predicted molar refractivity (Wildman–Crippen MR) is 97.4 cm³/mol. The Morgan fingerprint density at radius 3 is 2.32 bits per heavy atom. The minimum absolute atomic E-state index is 0.138. The van der Waals surface area contributed by atoms with Crippen molar-refractivity contribution in [3.8, 4) is 17.2 Å². The Hall–Kier alpha value is -2.69. The Bertz CT molecular complexity index is 670. The van der Waals surface area contributed by atoms with E-state index in [0.717, 1.165) is 18.6 Å². The lowest BCUT2D eigenvalue weighted by Gasteiger charge is -2.16. The molecule has 1 amide bonds. The summed E-state index contributed by atoms with van der Waals surface area (Å²) < 4.78 is 16.1. The summed E-state index contributed by atoms with van der Waals surface area (Å²) >= 11 is 0. The van der Waals surface area contributed by atoms with E-state index in [2.05, 4.69) is 5.32 Å². The lowest BCUT2D eigenvalue weighted by atomic mass is 10.1. The number of amides is 1. The fraction of sp³-hybridized carbons (Fsp3) is 0.350. The number of aryl methyl sites for hydroxylation is 1. The van der Waals surface area contributed by atoms with Gasteiger partial charge >= 0.3 is 0 Å². The van der Waals surface area contributed by atoms with E-state index in [9.17, 15) is 4.79 Å². The molecule has 1 N–H and O–H groups in total. The van der Waals surface area contributed by atoms with Crippen molar-refractivity contribution < 1.29 is 19.0 Å². The molecule has 0 fully saturated rings. The quantitative estimate of drug-likeness (QED) is 0.710. The number of carbonyl (C=O) groups excluding carboxylic acids is 1. The maximum absolute atomic E-state index is 12.1. The van der Waals surface area contributed by atoms with Gasteiger partial charge in [0.15, 0.2) is 17.6 Å². The minimum Gasteiger partial charge on any atom is -0.497 e. The Balaban J connectivity index is 1.73. The van der Waals surface area contributed by atoms with Gasteiger partial charge in [0.2, 0.25) is 0 Å². The van der Waals surface area contributed by atoms with Crippen molar-refractivity contribution in [3.63, 3.8) is 0 Å². The van der Waals surface area contributed by atoms with Crippen LogP contribution in [0, 0.1) is 0 Å². The highest BCUT2D eigenvalue weighted by Gasteiger charge is 2.15. The number of nitrogens with one attached hydrogen (secondary N) is 1. The second-order valence-corrected chi connectivity index (χ2v) is 5.65. The molecule has 2 rings (SSSR count). The maximum Gasteiger partial charge on any atom is 0.260 e. The van der Waals surface area contributed by atoms with E-state index >= 15 is 0 Å². The molecule has 134 valence electrons. The SMILES string of the molecule is COc1ccc(CCCNC(=O)[C@@H](C)Oc2ccccc2OC)cc1. The van der Waals surface area contributed by atoms with Crippen LogP contribution in [0.15, 0.2) is 48.5 Å².